The van der Waals surface area contributed by atoms with Crippen molar-refractivity contribution in [2.75, 3.05) is 33.9 Å². The molecule has 0 radical (unpaired) electrons. The van der Waals surface area contributed by atoms with Gasteiger partial charge in [-0.15, -0.1) is 12.4 Å². The minimum absolute atomic E-state index is 0. The van der Waals surface area contributed by atoms with Crippen molar-refractivity contribution in [1.82, 2.24) is 20.2 Å². The molecule has 1 amide bonds. The largest absolute Gasteiger partial charge is 0.493 e. The van der Waals surface area contributed by atoms with Gasteiger partial charge in [0.1, 0.15) is 5.82 Å². The fourth-order valence-corrected chi connectivity index (χ4v) is 3.59. The summed E-state index contributed by atoms with van der Waals surface area (Å²) in [5, 5.41) is 3.75. The molecule has 0 bridgehead atoms. The molecular weight excluding hydrogens is 396 g/mol. The molecule has 1 fully saturated rings. The van der Waals surface area contributed by atoms with Crippen molar-refractivity contribution in [3.05, 3.63) is 28.3 Å². The summed E-state index contributed by atoms with van der Waals surface area (Å²) < 4.78 is 10.5. The molecule has 1 unspecified atom stereocenters. The lowest BCUT2D eigenvalue weighted by atomic mass is 10.0. The Morgan fingerprint density at radius 2 is 2.00 bits per heavy atom. The highest BCUT2D eigenvalue weighted by molar-refractivity contribution is 5.85. The predicted octanol–water partition coefficient (Wildman–Crippen LogP) is 2.10. The SMILES string of the molecule is CCN(Cc1nc2cc(OC)c(OC)cc2c(=O)[nH]1)C(=O)CCC1CCNC1.Cl. The molecule has 1 aromatic carbocycles. The second-order valence-electron chi connectivity index (χ2n) is 7.04. The number of methoxy groups -OCH3 is 2. The Bertz CT molecular complexity index is 896. The van der Waals surface area contributed by atoms with Gasteiger partial charge in [0.05, 0.1) is 31.7 Å². The second kappa shape index (κ2) is 10.5. The molecule has 0 saturated carbocycles. The summed E-state index contributed by atoms with van der Waals surface area (Å²) >= 11 is 0. The van der Waals surface area contributed by atoms with Crippen LogP contribution in [0.1, 0.15) is 32.0 Å². The van der Waals surface area contributed by atoms with E-state index in [-0.39, 0.29) is 30.4 Å². The number of nitrogens with one attached hydrogen (secondary N) is 2. The van der Waals surface area contributed by atoms with Crippen LogP contribution < -0.4 is 20.3 Å². The Morgan fingerprint density at radius 3 is 2.62 bits per heavy atom. The van der Waals surface area contributed by atoms with Gasteiger partial charge in [-0.25, -0.2) is 4.98 Å². The maximum Gasteiger partial charge on any atom is 0.258 e. The standard InChI is InChI=1S/C20H28N4O4.ClH/c1-4-24(19(25)6-5-13-7-8-21-11-13)12-18-22-15-10-17(28-3)16(27-2)9-14(15)20(26)23-18;/h9-10,13,21H,4-8,11-12H2,1-3H3,(H,22,23,26);1H. The van der Waals surface area contributed by atoms with Gasteiger partial charge in [-0.3, -0.25) is 9.59 Å². The molecule has 0 aliphatic carbocycles. The van der Waals surface area contributed by atoms with Crippen LogP contribution in [0.15, 0.2) is 16.9 Å². The van der Waals surface area contributed by atoms with Crippen LogP contribution in [-0.4, -0.2) is 54.6 Å². The van der Waals surface area contributed by atoms with Gasteiger partial charge in [-0.2, -0.15) is 0 Å². The molecule has 29 heavy (non-hydrogen) atoms. The van der Waals surface area contributed by atoms with Crippen molar-refractivity contribution < 1.29 is 14.3 Å². The highest BCUT2D eigenvalue weighted by atomic mass is 35.5. The number of H-pyrrole nitrogens is 1. The summed E-state index contributed by atoms with van der Waals surface area (Å²) in [6.07, 6.45) is 2.54. The van der Waals surface area contributed by atoms with Gasteiger partial charge in [0.15, 0.2) is 11.5 Å². The number of aromatic nitrogens is 2. The average Bonchev–Trinajstić information content (AvgIpc) is 3.23. The van der Waals surface area contributed by atoms with E-state index in [2.05, 4.69) is 15.3 Å². The van der Waals surface area contributed by atoms with Gasteiger partial charge in [-0.1, -0.05) is 0 Å². The molecule has 9 heteroatoms. The zero-order valence-electron chi connectivity index (χ0n) is 17.1. The number of hydrogen-bond donors (Lipinski definition) is 2. The minimum Gasteiger partial charge on any atom is -0.493 e. The number of nitrogens with zero attached hydrogens (tertiary/aromatic N) is 2. The summed E-state index contributed by atoms with van der Waals surface area (Å²) in [6, 6.07) is 3.29. The van der Waals surface area contributed by atoms with E-state index >= 15 is 0 Å². The summed E-state index contributed by atoms with van der Waals surface area (Å²) in [7, 11) is 3.06. The molecule has 1 aliphatic rings. The number of benzene rings is 1. The Hall–Kier alpha value is -2.32. The number of amides is 1. The fourth-order valence-electron chi connectivity index (χ4n) is 3.59. The number of ether oxygens (including phenoxy) is 2. The van der Waals surface area contributed by atoms with E-state index in [4.69, 9.17) is 9.47 Å². The van der Waals surface area contributed by atoms with Crippen LogP contribution in [-0.2, 0) is 11.3 Å². The van der Waals surface area contributed by atoms with Crippen molar-refractivity contribution in [2.24, 2.45) is 5.92 Å². The first-order valence-electron chi connectivity index (χ1n) is 9.69. The van der Waals surface area contributed by atoms with Crippen molar-refractivity contribution in [1.29, 1.82) is 0 Å². The van der Waals surface area contributed by atoms with Crippen LogP contribution in [0.2, 0.25) is 0 Å². The van der Waals surface area contributed by atoms with Crippen LogP contribution in [0.25, 0.3) is 10.9 Å². The number of carbonyl (C=O) groups is 1. The Labute approximate surface area is 176 Å². The maximum absolute atomic E-state index is 12.6. The average molecular weight is 425 g/mol. The first-order chi connectivity index (χ1) is 13.5. The summed E-state index contributed by atoms with van der Waals surface area (Å²) in [5.41, 5.74) is 0.249. The van der Waals surface area contributed by atoms with Crippen molar-refractivity contribution in [3.8, 4) is 11.5 Å². The molecule has 8 nitrogen and oxygen atoms in total. The van der Waals surface area contributed by atoms with Gasteiger partial charge in [-0.05, 0) is 44.8 Å². The van der Waals surface area contributed by atoms with E-state index in [1.165, 1.54) is 14.2 Å². The highest BCUT2D eigenvalue weighted by Crippen LogP contribution is 2.30. The Balaban J connectivity index is 0.00000300. The van der Waals surface area contributed by atoms with Crippen molar-refractivity contribution in [3.63, 3.8) is 0 Å². The molecule has 2 aromatic rings. The van der Waals surface area contributed by atoms with Crippen LogP contribution >= 0.6 is 12.4 Å². The minimum atomic E-state index is -0.263. The Morgan fingerprint density at radius 1 is 1.28 bits per heavy atom. The lowest BCUT2D eigenvalue weighted by Gasteiger charge is -2.21. The molecule has 1 atom stereocenters. The van der Waals surface area contributed by atoms with Gasteiger partial charge in [0.2, 0.25) is 5.91 Å². The van der Waals surface area contributed by atoms with Crippen LogP contribution in [0.5, 0.6) is 11.5 Å². The Kier molecular flexibility index (Phi) is 8.28. The third-order valence-corrected chi connectivity index (χ3v) is 5.26. The van der Waals surface area contributed by atoms with Crippen LogP contribution in [0.4, 0.5) is 0 Å². The quantitative estimate of drug-likeness (QED) is 0.673. The fraction of sp³-hybridized carbons (Fsp3) is 0.550. The third kappa shape index (κ3) is 5.39. The van der Waals surface area contributed by atoms with Crippen LogP contribution in [0, 0.1) is 5.92 Å². The number of rotatable bonds is 8. The second-order valence-corrected chi connectivity index (χ2v) is 7.04. The number of carbonyl (C=O) groups excluding carboxylic acids is 1. The van der Waals surface area contributed by atoms with Crippen molar-refractivity contribution >= 4 is 29.2 Å². The number of hydrogen-bond acceptors (Lipinski definition) is 6. The first-order valence-corrected chi connectivity index (χ1v) is 9.69. The molecule has 3 rings (SSSR count). The van der Waals surface area contributed by atoms with Gasteiger partial charge >= 0.3 is 0 Å². The molecule has 2 N–H and O–H groups in total. The van der Waals surface area contributed by atoms with E-state index < -0.39 is 0 Å². The van der Waals surface area contributed by atoms with E-state index in [9.17, 15) is 9.59 Å². The zero-order chi connectivity index (χ0) is 20.1. The van der Waals surface area contributed by atoms with E-state index in [1.807, 2.05) is 6.92 Å². The van der Waals surface area contributed by atoms with Crippen molar-refractivity contribution in [2.45, 2.75) is 32.7 Å². The molecule has 1 aliphatic heterocycles. The van der Waals surface area contributed by atoms with E-state index in [0.717, 1.165) is 25.9 Å². The monoisotopic (exact) mass is 424 g/mol. The smallest absolute Gasteiger partial charge is 0.258 e. The number of halogens is 1. The van der Waals surface area contributed by atoms with Gasteiger partial charge in [0, 0.05) is 19.0 Å². The van der Waals surface area contributed by atoms with E-state index in [1.54, 1.807) is 17.0 Å². The number of aromatic amines is 1. The molecule has 0 spiro atoms. The molecule has 2 heterocycles. The zero-order valence-corrected chi connectivity index (χ0v) is 17.9. The topological polar surface area (TPSA) is 96.6 Å². The lowest BCUT2D eigenvalue weighted by Crippen LogP contribution is -2.32. The third-order valence-electron chi connectivity index (χ3n) is 5.26. The normalized spacial score (nSPS) is 15.8. The summed E-state index contributed by atoms with van der Waals surface area (Å²) in [4.78, 5) is 34.2. The predicted molar refractivity (Wildman–Crippen MR) is 114 cm³/mol. The highest BCUT2D eigenvalue weighted by Gasteiger charge is 2.19. The summed E-state index contributed by atoms with van der Waals surface area (Å²) in [5.74, 6) is 2.10. The maximum atomic E-state index is 12.6. The van der Waals surface area contributed by atoms with Crippen LogP contribution in [0.3, 0.4) is 0 Å². The number of fused-ring (bicyclic) bond motifs is 1. The van der Waals surface area contributed by atoms with E-state index in [0.29, 0.717) is 47.1 Å². The molecule has 160 valence electrons. The molecular formula is C20H29ClN4O4. The van der Waals surface area contributed by atoms with Gasteiger partial charge in [0.25, 0.3) is 5.56 Å². The van der Waals surface area contributed by atoms with Gasteiger partial charge < -0.3 is 24.7 Å². The molecule has 1 saturated heterocycles. The molecule has 1 aromatic heterocycles. The lowest BCUT2D eigenvalue weighted by molar-refractivity contribution is -0.132. The summed E-state index contributed by atoms with van der Waals surface area (Å²) in [6.45, 7) is 4.80. The first kappa shape index (κ1) is 23.0.